The average molecular weight is 219 g/mol. The van der Waals surface area contributed by atoms with Gasteiger partial charge in [-0.05, 0) is 25.5 Å². The van der Waals surface area contributed by atoms with Crippen LogP contribution in [-0.4, -0.2) is 27.1 Å². The van der Waals surface area contributed by atoms with E-state index in [1.807, 2.05) is 35.0 Å². The number of aliphatic hydroxyl groups is 1. The molecule has 0 radical (unpaired) electrons. The fourth-order valence-corrected chi connectivity index (χ4v) is 1.90. The van der Waals surface area contributed by atoms with E-state index in [1.165, 1.54) is 0 Å². The van der Waals surface area contributed by atoms with E-state index >= 15 is 0 Å². The standard InChI is InChI=1S/C12H17N3O/c1-9(16)6-10(7-13)11-8-15-5-3-2-4-12(15)14-11/h2-5,8-10,16H,6-7,13H2,1H3. The highest BCUT2D eigenvalue weighted by Gasteiger charge is 2.15. The zero-order chi connectivity index (χ0) is 11.5. The maximum absolute atomic E-state index is 9.40. The lowest BCUT2D eigenvalue weighted by Gasteiger charge is -2.13. The molecule has 2 aromatic rings. The first-order valence-corrected chi connectivity index (χ1v) is 5.52. The third-order valence-corrected chi connectivity index (χ3v) is 2.71. The summed E-state index contributed by atoms with van der Waals surface area (Å²) in [4.78, 5) is 4.51. The number of hydrogen-bond donors (Lipinski definition) is 2. The Bertz CT molecular complexity index is 431. The number of nitrogens with zero attached hydrogens (tertiary/aromatic N) is 2. The van der Waals surface area contributed by atoms with Crippen LogP contribution < -0.4 is 5.73 Å². The van der Waals surface area contributed by atoms with Crippen LogP contribution in [-0.2, 0) is 0 Å². The van der Waals surface area contributed by atoms with Gasteiger partial charge in [-0.15, -0.1) is 0 Å². The summed E-state index contributed by atoms with van der Waals surface area (Å²) in [6, 6.07) is 5.88. The highest BCUT2D eigenvalue weighted by atomic mass is 16.3. The summed E-state index contributed by atoms with van der Waals surface area (Å²) in [5, 5.41) is 9.40. The molecule has 0 aromatic carbocycles. The summed E-state index contributed by atoms with van der Waals surface area (Å²) in [6.07, 6.45) is 4.25. The second-order valence-electron chi connectivity index (χ2n) is 4.15. The van der Waals surface area contributed by atoms with Crippen LogP contribution in [0.5, 0.6) is 0 Å². The van der Waals surface area contributed by atoms with Gasteiger partial charge in [0.25, 0.3) is 0 Å². The Morgan fingerprint density at radius 3 is 2.94 bits per heavy atom. The van der Waals surface area contributed by atoms with Crippen molar-refractivity contribution in [3.8, 4) is 0 Å². The predicted molar refractivity (Wildman–Crippen MR) is 63.3 cm³/mol. The van der Waals surface area contributed by atoms with E-state index in [0.29, 0.717) is 13.0 Å². The normalized spacial score (nSPS) is 15.2. The molecule has 86 valence electrons. The van der Waals surface area contributed by atoms with E-state index in [4.69, 9.17) is 5.73 Å². The van der Waals surface area contributed by atoms with E-state index in [2.05, 4.69) is 4.98 Å². The highest BCUT2D eigenvalue weighted by Crippen LogP contribution is 2.19. The van der Waals surface area contributed by atoms with Gasteiger partial charge in [0.05, 0.1) is 11.8 Å². The van der Waals surface area contributed by atoms with E-state index in [1.54, 1.807) is 6.92 Å². The van der Waals surface area contributed by atoms with Crippen LogP contribution in [0.4, 0.5) is 0 Å². The Kier molecular flexibility index (Phi) is 3.22. The summed E-state index contributed by atoms with van der Waals surface area (Å²) in [6.45, 7) is 2.28. The lowest BCUT2D eigenvalue weighted by molar-refractivity contribution is 0.174. The topological polar surface area (TPSA) is 63.5 Å². The summed E-state index contributed by atoms with van der Waals surface area (Å²) >= 11 is 0. The third-order valence-electron chi connectivity index (χ3n) is 2.71. The Morgan fingerprint density at radius 2 is 2.31 bits per heavy atom. The molecule has 0 fully saturated rings. The minimum atomic E-state index is -0.349. The van der Waals surface area contributed by atoms with Crippen molar-refractivity contribution in [3.63, 3.8) is 0 Å². The predicted octanol–water partition coefficient (Wildman–Crippen LogP) is 1.15. The summed E-state index contributed by atoms with van der Waals surface area (Å²) in [5.41, 5.74) is 7.59. The fourth-order valence-electron chi connectivity index (χ4n) is 1.90. The van der Waals surface area contributed by atoms with E-state index in [-0.39, 0.29) is 12.0 Å². The van der Waals surface area contributed by atoms with Crippen molar-refractivity contribution >= 4 is 5.65 Å². The molecule has 0 aliphatic heterocycles. The fraction of sp³-hybridized carbons (Fsp3) is 0.417. The molecular weight excluding hydrogens is 202 g/mol. The Balaban J connectivity index is 2.30. The largest absolute Gasteiger partial charge is 0.393 e. The second kappa shape index (κ2) is 4.63. The first-order chi connectivity index (χ1) is 7.70. The number of rotatable bonds is 4. The minimum Gasteiger partial charge on any atom is -0.393 e. The molecule has 0 saturated heterocycles. The number of aliphatic hydroxyl groups excluding tert-OH is 1. The SMILES string of the molecule is CC(O)CC(CN)c1cn2ccccc2n1. The molecule has 2 heterocycles. The van der Waals surface area contributed by atoms with Gasteiger partial charge in [-0.2, -0.15) is 0 Å². The molecule has 2 atom stereocenters. The van der Waals surface area contributed by atoms with Gasteiger partial charge >= 0.3 is 0 Å². The quantitative estimate of drug-likeness (QED) is 0.810. The number of imidazole rings is 1. The summed E-state index contributed by atoms with van der Waals surface area (Å²) < 4.78 is 1.97. The van der Waals surface area contributed by atoms with Crippen molar-refractivity contribution in [2.75, 3.05) is 6.54 Å². The Morgan fingerprint density at radius 1 is 1.50 bits per heavy atom. The number of aromatic nitrogens is 2. The Labute approximate surface area is 94.7 Å². The monoisotopic (exact) mass is 219 g/mol. The summed E-state index contributed by atoms with van der Waals surface area (Å²) in [7, 11) is 0. The van der Waals surface area contributed by atoms with Crippen LogP contribution in [0, 0.1) is 0 Å². The highest BCUT2D eigenvalue weighted by molar-refractivity contribution is 5.40. The van der Waals surface area contributed by atoms with Gasteiger partial charge in [0, 0.05) is 24.9 Å². The van der Waals surface area contributed by atoms with Gasteiger partial charge in [-0.25, -0.2) is 4.98 Å². The molecule has 2 unspecified atom stereocenters. The van der Waals surface area contributed by atoms with E-state index in [0.717, 1.165) is 11.3 Å². The van der Waals surface area contributed by atoms with Crippen molar-refractivity contribution in [1.82, 2.24) is 9.38 Å². The van der Waals surface area contributed by atoms with Gasteiger partial charge in [0.2, 0.25) is 0 Å². The minimum absolute atomic E-state index is 0.125. The van der Waals surface area contributed by atoms with Gasteiger partial charge in [-0.1, -0.05) is 6.07 Å². The molecule has 3 N–H and O–H groups in total. The van der Waals surface area contributed by atoms with Crippen LogP contribution in [0.15, 0.2) is 30.6 Å². The molecule has 0 aliphatic rings. The summed E-state index contributed by atoms with van der Waals surface area (Å²) in [5.74, 6) is 0.125. The number of pyridine rings is 1. The van der Waals surface area contributed by atoms with Gasteiger partial charge in [0.1, 0.15) is 5.65 Å². The molecule has 2 rings (SSSR count). The zero-order valence-electron chi connectivity index (χ0n) is 9.37. The van der Waals surface area contributed by atoms with E-state index in [9.17, 15) is 5.11 Å². The van der Waals surface area contributed by atoms with Crippen molar-refractivity contribution in [3.05, 3.63) is 36.3 Å². The molecule has 4 heteroatoms. The lowest BCUT2D eigenvalue weighted by Crippen LogP contribution is -2.17. The maximum Gasteiger partial charge on any atom is 0.136 e. The average Bonchev–Trinajstić information content (AvgIpc) is 2.68. The second-order valence-corrected chi connectivity index (χ2v) is 4.15. The van der Waals surface area contributed by atoms with Crippen LogP contribution in [0.25, 0.3) is 5.65 Å². The Hall–Kier alpha value is -1.39. The van der Waals surface area contributed by atoms with Crippen LogP contribution in [0.1, 0.15) is 25.0 Å². The number of fused-ring (bicyclic) bond motifs is 1. The van der Waals surface area contributed by atoms with Crippen molar-refractivity contribution in [1.29, 1.82) is 0 Å². The molecule has 0 amide bonds. The molecule has 0 spiro atoms. The van der Waals surface area contributed by atoms with Crippen molar-refractivity contribution in [2.24, 2.45) is 5.73 Å². The smallest absolute Gasteiger partial charge is 0.136 e. The maximum atomic E-state index is 9.40. The number of hydrogen-bond acceptors (Lipinski definition) is 3. The molecular formula is C12H17N3O. The molecule has 0 saturated carbocycles. The number of nitrogens with two attached hydrogens (primary N) is 1. The molecule has 16 heavy (non-hydrogen) atoms. The lowest BCUT2D eigenvalue weighted by atomic mass is 9.99. The molecule has 4 nitrogen and oxygen atoms in total. The van der Waals surface area contributed by atoms with Crippen molar-refractivity contribution in [2.45, 2.75) is 25.4 Å². The van der Waals surface area contributed by atoms with Crippen LogP contribution in [0.2, 0.25) is 0 Å². The molecule has 0 bridgehead atoms. The van der Waals surface area contributed by atoms with Gasteiger partial charge in [0.15, 0.2) is 0 Å². The first-order valence-electron chi connectivity index (χ1n) is 5.52. The van der Waals surface area contributed by atoms with Gasteiger partial charge < -0.3 is 15.2 Å². The molecule has 0 aliphatic carbocycles. The van der Waals surface area contributed by atoms with Gasteiger partial charge in [-0.3, -0.25) is 0 Å². The van der Waals surface area contributed by atoms with E-state index < -0.39 is 0 Å². The zero-order valence-corrected chi connectivity index (χ0v) is 9.37. The molecule has 2 aromatic heterocycles. The third kappa shape index (κ3) is 2.23. The van der Waals surface area contributed by atoms with Crippen LogP contribution in [0.3, 0.4) is 0 Å². The van der Waals surface area contributed by atoms with Crippen LogP contribution >= 0.6 is 0 Å². The first kappa shape index (κ1) is 11.1. The van der Waals surface area contributed by atoms with Crippen molar-refractivity contribution < 1.29 is 5.11 Å².